The lowest BCUT2D eigenvalue weighted by Gasteiger charge is -2.28. The third-order valence-corrected chi connectivity index (χ3v) is 5.59. The van der Waals surface area contributed by atoms with Gasteiger partial charge in [-0.15, -0.1) is 0 Å². The molecule has 2 aromatic carbocycles. The summed E-state index contributed by atoms with van der Waals surface area (Å²) < 4.78 is 21.1. The molecule has 4 rings (SSSR count). The van der Waals surface area contributed by atoms with Crippen molar-refractivity contribution in [3.63, 3.8) is 0 Å². The highest BCUT2D eigenvalue weighted by Gasteiger charge is 2.43. The molecule has 1 heterocycles. The number of carbonyl (C=O) groups excluding carboxylic acids is 2. The van der Waals surface area contributed by atoms with Crippen LogP contribution in [0.25, 0.3) is 0 Å². The van der Waals surface area contributed by atoms with Gasteiger partial charge in [0.1, 0.15) is 5.75 Å². The number of hydrogen-bond donors (Lipinski definition) is 1. The molecule has 2 aromatic rings. The van der Waals surface area contributed by atoms with Crippen LogP contribution in [-0.4, -0.2) is 31.9 Å². The van der Waals surface area contributed by atoms with Gasteiger partial charge in [0.2, 0.25) is 12.7 Å². The van der Waals surface area contributed by atoms with Crippen LogP contribution < -0.4 is 19.5 Å². The number of benzene rings is 2. The minimum atomic E-state index is -0.583. The molecule has 1 amide bonds. The van der Waals surface area contributed by atoms with Gasteiger partial charge >= 0.3 is 5.97 Å². The number of carbonyl (C=O) groups is 2. The Labute approximate surface area is 175 Å². The number of anilines is 1. The van der Waals surface area contributed by atoms with E-state index in [0.29, 0.717) is 29.5 Å². The second-order valence-corrected chi connectivity index (χ2v) is 7.43. The van der Waals surface area contributed by atoms with Crippen LogP contribution in [0.3, 0.4) is 0 Å². The van der Waals surface area contributed by atoms with E-state index in [1.54, 1.807) is 31.2 Å². The molecule has 30 heavy (non-hydrogen) atoms. The average Bonchev–Trinajstić information content (AvgIpc) is 3.43. The standard InChI is InChI=1S/C23H25NO6/c1-2-27-21(25)14-28-18-8-6-17(7-9-18)24-22(26)23(11-3-4-12-23)16-5-10-19-20(13-16)30-15-29-19/h5-10,13H,2-4,11-12,14-15H2,1H3,(H,24,26). The minimum absolute atomic E-state index is 0.0287. The molecule has 1 aliphatic carbocycles. The number of rotatable bonds is 7. The van der Waals surface area contributed by atoms with Crippen LogP contribution >= 0.6 is 0 Å². The molecule has 7 heteroatoms. The summed E-state index contributed by atoms with van der Waals surface area (Å²) in [6.07, 6.45) is 3.59. The highest BCUT2D eigenvalue weighted by atomic mass is 16.7. The fraction of sp³-hybridized carbons (Fsp3) is 0.391. The number of esters is 1. The predicted octanol–water partition coefficient (Wildman–Crippen LogP) is 3.81. The zero-order chi connectivity index (χ0) is 21.0. The van der Waals surface area contributed by atoms with E-state index < -0.39 is 11.4 Å². The van der Waals surface area contributed by atoms with Crippen LogP contribution in [0.2, 0.25) is 0 Å². The minimum Gasteiger partial charge on any atom is -0.482 e. The first-order chi connectivity index (χ1) is 14.6. The van der Waals surface area contributed by atoms with Crippen molar-refractivity contribution in [2.24, 2.45) is 0 Å². The van der Waals surface area contributed by atoms with E-state index in [4.69, 9.17) is 18.9 Å². The second kappa shape index (κ2) is 8.65. The number of hydrogen-bond acceptors (Lipinski definition) is 6. The van der Waals surface area contributed by atoms with E-state index in [1.165, 1.54) is 0 Å². The van der Waals surface area contributed by atoms with Crippen LogP contribution in [-0.2, 0) is 19.7 Å². The normalized spacial score (nSPS) is 16.2. The zero-order valence-electron chi connectivity index (χ0n) is 16.9. The highest BCUT2D eigenvalue weighted by molar-refractivity contribution is 5.99. The van der Waals surface area contributed by atoms with Crippen molar-refractivity contribution in [3.05, 3.63) is 48.0 Å². The largest absolute Gasteiger partial charge is 0.482 e. The lowest BCUT2D eigenvalue weighted by atomic mass is 9.77. The smallest absolute Gasteiger partial charge is 0.344 e. The van der Waals surface area contributed by atoms with Gasteiger partial charge in [-0.2, -0.15) is 0 Å². The molecule has 7 nitrogen and oxygen atoms in total. The van der Waals surface area contributed by atoms with Crippen LogP contribution in [0.1, 0.15) is 38.2 Å². The van der Waals surface area contributed by atoms with Crippen LogP contribution in [0.15, 0.2) is 42.5 Å². The van der Waals surface area contributed by atoms with E-state index in [2.05, 4.69) is 5.32 Å². The van der Waals surface area contributed by atoms with Gasteiger partial charge in [0.15, 0.2) is 18.1 Å². The summed E-state index contributed by atoms with van der Waals surface area (Å²) in [5, 5.41) is 3.05. The number of amides is 1. The fourth-order valence-electron chi connectivity index (χ4n) is 4.05. The first-order valence-corrected chi connectivity index (χ1v) is 10.2. The molecular weight excluding hydrogens is 386 g/mol. The van der Waals surface area contributed by atoms with Crippen molar-refractivity contribution >= 4 is 17.6 Å². The molecule has 1 aliphatic heterocycles. The monoisotopic (exact) mass is 411 g/mol. The fourth-order valence-corrected chi connectivity index (χ4v) is 4.05. The lowest BCUT2D eigenvalue weighted by molar-refractivity contribution is -0.145. The number of fused-ring (bicyclic) bond motifs is 1. The van der Waals surface area contributed by atoms with E-state index in [0.717, 1.165) is 31.2 Å². The molecule has 0 unspecified atom stereocenters. The summed E-state index contributed by atoms with van der Waals surface area (Å²) in [5.41, 5.74) is 1.05. The van der Waals surface area contributed by atoms with Crippen LogP contribution in [0.5, 0.6) is 17.2 Å². The van der Waals surface area contributed by atoms with E-state index in [-0.39, 0.29) is 19.3 Å². The molecule has 1 saturated carbocycles. The van der Waals surface area contributed by atoms with Gasteiger partial charge in [-0.3, -0.25) is 4.79 Å². The van der Waals surface area contributed by atoms with Crippen molar-refractivity contribution in [1.82, 2.24) is 0 Å². The van der Waals surface area contributed by atoms with E-state index in [1.807, 2.05) is 18.2 Å². The first-order valence-electron chi connectivity index (χ1n) is 10.2. The molecule has 0 radical (unpaired) electrons. The molecule has 0 aromatic heterocycles. The molecule has 1 fully saturated rings. The molecule has 158 valence electrons. The van der Waals surface area contributed by atoms with E-state index >= 15 is 0 Å². The quantitative estimate of drug-likeness (QED) is 0.698. The van der Waals surface area contributed by atoms with Crippen molar-refractivity contribution in [1.29, 1.82) is 0 Å². The molecule has 0 spiro atoms. The topological polar surface area (TPSA) is 83.1 Å². The van der Waals surface area contributed by atoms with Gasteiger partial charge in [-0.1, -0.05) is 18.9 Å². The summed E-state index contributed by atoms with van der Waals surface area (Å²) in [7, 11) is 0. The molecule has 0 saturated heterocycles. The summed E-state index contributed by atoms with van der Waals surface area (Å²) in [5.74, 6) is 1.49. The lowest BCUT2D eigenvalue weighted by Crippen LogP contribution is -2.38. The van der Waals surface area contributed by atoms with Gasteiger partial charge in [0.25, 0.3) is 0 Å². The van der Waals surface area contributed by atoms with Crippen molar-refractivity contribution in [2.75, 3.05) is 25.3 Å². The van der Waals surface area contributed by atoms with Gasteiger partial charge in [-0.25, -0.2) is 4.79 Å². The average molecular weight is 411 g/mol. The van der Waals surface area contributed by atoms with Crippen molar-refractivity contribution in [2.45, 2.75) is 38.0 Å². The first kappa shape index (κ1) is 20.1. The Kier molecular flexibility index (Phi) is 5.79. The summed E-state index contributed by atoms with van der Waals surface area (Å²) in [6, 6.07) is 12.7. The van der Waals surface area contributed by atoms with Crippen molar-refractivity contribution in [3.8, 4) is 17.2 Å². The number of ether oxygens (including phenoxy) is 4. The maximum atomic E-state index is 13.3. The molecule has 0 atom stereocenters. The maximum absolute atomic E-state index is 13.3. The Morgan fingerprint density at radius 2 is 1.77 bits per heavy atom. The Hall–Kier alpha value is -3.22. The van der Waals surface area contributed by atoms with Crippen molar-refractivity contribution < 1.29 is 28.5 Å². The third-order valence-electron chi connectivity index (χ3n) is 5.59. The van der Waals surface area contributed by atoms with Crippen LogP contribution in [0, 0.1) is 0 Å². The molecule has 1 N–H and O–H groups in total. The molecular formula is C23H25NO6. The molecule has 0 bridgehead atoms. The Balaban J connectivity index is 1.45. The Morgan fingerprint density at radius 3 is 2.50 bits per heavy atom. The maximum Gasteiger partial charge on any atom is 0.344 e. The predicted molar refractivity (Wildman–Crippen MR) is 110 cm³/mol. The number of nitrogens with one attached hydrogen (secondary N) is 1. The Morgan fingerprint density at radius 1 is 1.03 bits per heavy atom. The summed E-state index contributed by atoms with van der Waals surface area (Å²) in [4.78, 5) is 24.7. The Bertz CT molecular complexity index is 918. The summed E-state index contributed by atoms with van der Waals surface area (Å²) in [6.45, 7) is 2.13. The van der Waals surface area contributed by atoms with Gasteiger partial charge in [0.05, 0.1) is 12.0 Å². The summed E-state index contributed by atoms with van der Waals surface area (Å²) >= 11 is 0. The highest BCUT2D eigenvalue weighted by Crippen LogP contribution is 2.45. The third kappa shape index (κ3) is 4.06. The van der Waals surface area contributed by atoms with Gasteiger partial charge < -0.3 is 24.3 Å². The van der Waals surface area contributed by atoms with Gasteiger partial charge in [-0.05, 0) is 61.7 Å². The SMILES string of the molecule is CCOC(=O)COc1ccc(NC(=O)C2(c3ccc4c(c3)OCO4)CCCC2)cc1. The van der Waals surface area contributed by atoms with Crippen LogP contribution in [0.4, 0.5) is 5.69 Å². The molecule has 2 aliphatic rings. The zero-order valence-corrected chi connectivity index (χ0v) is 16.9. The van der Waals surface area contributed by atoms with E-state index in [9.17, 15) is 9.59 Å². The van der Waals surface area contributed by atoms with Gasteiger partial charge in [0, 0.05) is 5.69 Å². The second-order valence-electron chi connectivity index (χ2n) is 7.43.